The predicted octanol–water partition coefficient (Wildman–Crippen LogP) is 6.99. The molecule has 0 aliphatic heterocycles. The van der Waals surface area contributed by atoms with Crippen LogP contribution >= 0.6 is 0 Å². The maximum atomic E-state index is 13.3. The van der Waals surface area contributed by atoms with E-state index in [4.69, 9.17) is 0 Å². The fraction of sp³-hybridized carbons (Fsp3) is 0.500. The SMILES string of the molecule is CCC(CC)c1cccc(NNC(=O)C(=O)c2c(C(C)C)cc(C(C)C)cc2C(C)C)c1O. The number of Topliss-reactive ketones (excluding diaryl/α,β-unsaturated/α-hetero) is 1. The van der Waals surface area contributed by atoms with Gasteiger partial charge in [-0.2, -0.15) is 0 Å². The monoisotopic (exact) mass is 452 g/mol. The van der Waals surface area contributed by atoms with E-state index in [0.29, 0.717) is 17.2 Å². The lowest BCUT2D eigenvalue weighted by atomic mass is 9.83. The van der Waals surface area contributed by atoms with E-state index in [1.807, 2.05) is 39.8 Å². The van der Waals surface area contributed by atoms with Crippen molar-refractivity contribution in [3.63, 3.8) is 0 Å². The van der Waals surface area contributed by atoms with Crippen molar-refractivity contribution in [2.45, 2.75) is 91.9 Å². The molecule has 1 amide bonds. The molecule has 0 saturated heterocycles. The summed E-state index contributed by atoms with van der Waals surface area (Å²) in [4.78, 5) is 26.3. The Kier molecular flexibility index (Phi) is 9.09. The topological polar surface area (TPSA) is 78.4 Å². The molecule has 0 spiro atoms. The second kappa shape index (κ2) is 11.4. The normalized spacial score (nSPS) is 11.5. The first-order valence-electron chi connectivity index (χ1n) is 12.1. The van der Waals surface area contributed by atoms with Gasteiger partial charge in [-0.25, -0.2) is 0 Å². The number of anilines is 1. The van der Waals surface area contributed by atoms with Gasteiger partial charge in [0.25, 0.3) is 5.78 Å². The maximum absolute atomic E-state index is 13.3. The second-order valence-electron chi connectivity index (χ2n) is 9.70. The Balaban J connectivity index is 2.36. The Bertz CT molecular complexity index is 960. The molecular weight excluding hydrogens is 412 g/mol. The van der Waals surface area contributed by atoms with Crippen molar-refractivity contribution < 1.29 is 14.7 Å². The quantitative estimate of drug-likeness (QED) is 0.157. The van der Waals surface area contributed by atoms with Gasteiger partial charge in [0.1, 0.15) is 5.75 Å². The van der Waals surface area contributed by atoms with Crippen molar-refractivity contribution in [2.75, 3.05) is 5.43 Å². The zero-order valence-corrected chi connectivity index (χ0v) is 21.4. The molecule has 0 aromatic heterocycles. The van der Waals surface area contributed by atoms with Crippen LogP contribution in [0.1, 0.15) is 125 Å². The summed E-state index contributed by atoms with van der Waals surface area (Å²) in [5.74, 6) is -0.464. The van der Waals surface area contributed by atoms with E-state index in [-0.39, 0.29) is 23.5 Å². The molecule has 33 heavy (non-hydrogen) atoms. The van der Waals surface area contributed by atoms with Crippen LogP contribution < -0.4 is 10.9 Å². The number of aromatic hydroxyl groups is 1. The van der Waals surface area contributed by atoms with Crippen LogP contribution in [-0.2, 0) is 4.79 Å². The van der Waals surface area contributed by atoms with E-state index < -0.39 is 11.7 Å². The number of hydrogen-bond acceptors (Lipinski definition) is 4. The smallest absolute Gasteiger partial charge is 0.310 e. The highest BCUT2D eigenvalue weighted by atomic mass is 16.3. The van der Waals surface area contributed by atoms with Crippen LogP contribution in [0.3, 0.4) is 0 Å². The highest BCUT2D eigenvalue weighted by Crippen LogP contribution is 2.36. The van der Waals surface area contributed by atoms with Gasteiger partial charge >= 0.3 is 5.91 Å². The van der Waals surface area contributed by atoms with E-state index in [2.05, 4.69) is 50.7 Å². The van der Waals surface area contributed by atoms with Gasteiger partial charge in [-0.1, -0.05) is 79.7 Å². The highest BCUT2D eigenvalue weighted by Gasteiger charge is 2.27. The highest BCUT2D eigenvalue weighted by molar-refractivity contribution is 6.43. The minimum Gasteiger partial charge on any atom is -0.505 e. The van der Waals surface area contributed by atoms with Crippen LogP contribution in [-0.4, -0.2) is 16.8 Å². The molecule has 2 aromatic carbocycles. The summed E-state index contributed by atoms with van der Waals surface area (Å²) in [6.45, 7) is 16.6. The van der Waals surface area contributed by atoms with Gasteiger partial charge in [-0.15, -0.1) is 0 Å². The number of phenols is 1. The van der Waals surface area contributed by atoms with E-state index in [1.54, 1.807) is 6.07 Å². The van der Waals surface area contributed by atoms with Crippen LogP contribution in [0, 0.1) is 0 Å². The van der Waals surface area contributed by atoms with E-state index in [0.717, 1.165) is 29.5 Å². The van der Waals surface area contributed by atoms with Gasteiger partial charge in [-0.3, -0.25) is 20.4 Å². The summed E-state index contributed by atoms with van der Waals surface area (Å²) in [6.07, 6.45) is 1.81. The minimum absolute atomic E-state index is 0.0988. The molecule has 0 aliphatic carbocycles. The third kappa shape index (κ3) is 5.95. The fourth-order valence-electron chi connectivity index (χ4n) is 4.23. The maximum Gasteiger partial charge on any atom is 0.310 e. The van der Waals surface area contributed by atoms with Crippen molar-refractivity contribution in [1.82, 2.24) is 5.43 Å². The van der Waals surface area contributed by atoms with Gasteiger partial charge in [0, 0.05) is 5.56 Å². The van der Waals surface area contributed by atoms with Crippen LogP contribution in [0.15, 0.2) is 30.3 Å². The average molecular weight is 453 g/mol. The lowest BCUT2D eigenvalue weighted by Gasteiger charge is -2.22. The number of nitrogens with one attached hydrogen (secondary N) is 2. The molecule has 5 nitrogen and oxygen atoms in total. The summed E-state index contributed by atoms with van der Waals surface area (Å²) in [6, 6.07) is 9.52. The molecule has 3 N–H and O–H groups in total. The van der Waals surface area contributed by atoms with Gasteiger partial charge in [-0.05, 0) is 64.8 Å². The molecule has 2 aromatic rings. The Morgan fingerprint density at radius 3 is 1.85 bits per heavy atom. The average Bonchev–Trinajstić information content (AvgIpc) is 2.78. The number of ketones is 1. The molecule has 0 aliphatic rings. The second-order valence-corrected chi connectivity index (χ2v) is 9.70. The first kappa shape index (κ1) is 26.4. The van der Waals surface area contributed by atoms with E-state index in [9.17, 15) is 14.7 Å². The zero-order valence-electron chi connectivity index (χ0n) is 21.4. The fourth-order valence-corrected chi connectivity index (χ4v) is 4.23. The number of para-hydroxylation sites is 1. The van der Waals surface area contributed by atoms with Gasteiger partial charge in [0.05, 0.1) is 5.69 Å². The molecule has 5 heteroatoms. The number of carbonyl (C=O) groups is 2. The number of carbonyl (C=O) groups excluding carboxylic acids is 2. The summed E-state index contributed by atoms with van der Waals surface area (Å²) in [7, 11) is 0. The molecule has 0 unspecified atom stereocenters. The number of benzene rings is 2. The molecule has 0 saturated carbocycles. The Labute approximate surface area is 199 Å². The first-order chi connectivity index (χ1) is 15.5. The summed E-state index contributed by atoms with van der Waals surface area (Å²) < 4.78 is 0. The molecular formula is C28H40N2O3. The Morgan fingerprint density at radius 1 is 0.848 bits per heavy atom. The lowest BCUT2D eigenvalue weighted by Crippen LogP contribution is -2.36. The van der Waals surface area contributed by atoms with Gasteiger partial charge < -0.3 is 5.11 Å². The minimum atomic E-state index is -0.747. The molecule has 0 bridgehead atoms. The number of rotatable bonds is 10. The van der Waals surface area contributed by atoms with Crippen molar-refractivity contribution in [3.8, 4) is 5.75 Å². The van der Waals surface area contributed by atoms with E-state index in [1.165, 1.54) is 5.56 Å². The summed E-state index contributed by atoms with van der Waals surface area (Å²) in [5, 5.41) is 10.7. The predicted molar refractivity (Wildman–Crippen MR) is 136 cm³/mol. The van der Waals surface area contributed by atoms with Crippen molar-refractivity contribution in [3.05, 3.63) is 58.1 Å². The lowest BCUT2D eigenvalue weighted by molar-refractivity contribution is -0.116. The molecule has 0 atom stereocenters. The van der Waals surface area contributed by atoms with E-state index >= 15 is 0 Å². The first-order valence-corrected chi connectivity index (χ1v) is 12.1. The molecule has 0 radical (unpaired) electrons. The Hall–Kier alpha value is -2.82. The summed E-state index contributed by atoms with van der Waals surface area (Å²) in [5.41, 5.74) is 9.92. The standard InChI is InChI=1S/C28H40N2O3/c1-9-19(10-2)21-12-11-13-24(26(21)31)29-30-28(33)27(32)25-22(17(5)6)14-20(16(3)4)15-23(25)18(7)8/h11-19,29,31H,9-10H2,1-8H3,(H,30,33). The number of hydrazine groups is 1. The van der Waals surface area contributed by atoms with Crippen molar-refractivity contribution in [2.24, 2.45) is 0 Å². The van der Waals surface area contributed by atoms with Crippen LogP contribution in [0.25, 0.3) is 0 Å². The van der Waals surface area contributed by atoms with Gasteiger partial charge in [0.15, 0.2) is 0 Å². The van der Waals surface area contributed by atoms with Crippen LogP contribution in [0.5, 0.6) is 5.75 Å². The van der Waals surface area contributed by atoms with Crippen LogP contribution in [0.2, 0.25) is 0 Å². The Morgan fingerprint density at radius 2 is 1.39 bits per heavy atom. The molecule has 180 valence electrons. The largest absolute Gasteiger partial charge is 0.505 e. The summed E-state index contributed by atoms with van der Waals surface area (Å²) >= 11 is 0. The molecule has 0 fully saturated rings. The van der Waals surface area contributed by atoms with Crippen molar-refractivity contribution in [1.29, 1.82) is 0 Å². The number of phenolic OH excluding ortho intramolecular Hbond substituents is 1. The van der Waals surface area contributed by atoms with Crippen LogP contribution in [0.4, 0.5) is 5.69 Å². The number of amides is 1. The van der Waals surface area contributed by atoms with Crippen molar-refractivity contribution >= 4 is 17.4 Å². The number of hydrogen-bond donors (Lipinski definition) is 3. The molecule has 0 heterocycles. The van der Waals surface area contributed by atoms with Gasteiger partial charge in [0.2, 0.25) is 0 Å². The third-order valence-electron chi connectivity index (χ3n) is 6.37. The third-order valence-corrected chi connectivity index (χ3v) is 6.37. The molecule has 2 rings (SSSR count). The zero-order chi connectivity index (χ0) is 24.9.